The summed E-state index contributed by atoms with van der Waals surface area (Å²) in [5.74, 6) is 2.29. The molecule has 5 heteroatoms. The molecule has 4 nitrogen and oxygen atoms in total. The van der Waals surface area contributed by atoms with Crippen LogP contribution in [0.4, 0.5) is 5.69 Å². The van der Waals surface area contributed by atoms with Crippen LogP contribution >= 0.6 is 11.8 Å². The summed E-state index contributed by atoms with van der Waals surface area (Å²) in [6.07, 6.45) is 3.47. The number of anilines is 1. The van der Waals surface area contributed by atoms with Crippen molar-refractivity contribution < 1.29 is 4.74 Å². The highest BCUT2D eigenvalue weighted by Crippen LogP contribution is 2.30. The SMILES string of the molecule is COc1ccc(N)c(SCc2ncccn2)c1. The van der Waals surface area contributed by atoms with Crippen LogP contribution in [0.15, 0.2) is 41.6 Å². The van der Waals surface area contributed by atoms with Crippen molar-refractivity contribution in [3.05, 3.63) is 42.5 Å². The summed E-state index contributed by atoms with van der Waals surface area (Å²) >= 11 is 1.60. The predicted molar refractivity (Wildman–Crippen MR) is 69.0 cm³/mol. The lowest BCUT2D eigenvalue weighted by Crippen LogP contribution is -1.93. The molecule has 0 saturated heterocycles. The molecule has 0 saturated carbocycles. The van der Waals surface area contributed by atoms with Crippen molar-refractivity contribution in [2.24, 2.45) is 0 Å². The number of nitrogens with two attached hydrogens (primary N) is 1. The van der Waals surface area contributed by atoms with Gasteiger partial charge >= 0.3 is 0 Å². The molecule has 0 unspecified atom stereocenters. The zero-order valence-electron chi connectivity index (χ0n) is 9.46. The van der Waals surface area contributed by atoms with E-state index in [1.807, 2.05) is 18.2 Å². The molecule has 1 aromatic carbocycles. The Hall–Kier alpha value is -1.75. The smallest absolute Gasteiger partial charge is 0.138 e. The van der Waals surface area contributed by atoms with Gasteiger partial charge in [0.15, 0.2) is 0 Å². The third-order valence-corrected chi connectivity index (χ3v) is 3.26. The highest BCUT2D eigenvalue weighted by Gasteiger charge is 2.04. The van der Waals surface area contributed by atoms with Gasteiger partial charge in [0.2, 0.25) is 0 Å². The van der Waals surface area contributed by atoms with Gasteiger partial charge in [-0.2, -0.15) is 0 Å². The topological polar surface area (TPSA) is 61.0 Å². The zero-order valence-corrected chi connectivity index (χ0v) is 10.3. The first-order chi connectivity index (χ1) is 8.29. The third kappa shape index (κ3) is 3.10. The van der Waals surface area contributed by atoms with E-state index in [1.54, 1.807) is 37.3 Å². The van der Waals surface area contributed by atoms with E-state index in [0.29, 0.717) is 5.75 Å². The number of ether oxygens (including phenoxy) is 1. The molecule has 2 N–H and O–H groups in total. The maximum absolute atomic E-state index is 5.89. The van der Waals surface area contributed by atoms with Crippen molar-refractivity contribution in [3.8, 4) is 5.75 Å². The molecule has 1 heterocycles. The quantitative estimate of drug-likeness (QED) is 0.664. The Labute approximate surface area is 104 Å². The van der Waals surface area contributed by atoms with E-state index >= 15 is 0 Å². The van der Waals surface area contributed by atoms with Gasteiger partial charge in [-0.3, -0.25) is 0 Å². The molecule has 0 aliphatic carbocycles. The van der Waals surface area contributed by atoms with Gasteiger partial charge in [0.25, 0.3) is 0 Å². The number of methoxy groups -OCH3 is 1. The Morgan fingerprint density at radius 2 is 2.06 bits per heavy atom. The maximum atomic E-state index is 5.89. The van der Waals surface area contributed by atoms with Crippen LogP contribution in [0.5, 0.6) is 5.75 Å². The number of rotatable bonds is 4. The molecule has 2 aromatic rings. The Balaban J connectivity index is 2.08. The average molecular weight is 247 g/mol. The number of benzene rings is 1. The largest absolute Gasteiger partial charge is 0.497 e. The molecule has 0 aliphatic rings. The first-order valence-electron chi connectivity index (χ1n) is 5.12. The summed E-state index contributed by atoms with van der Waals surface area (Å²) in [4.78, 5) is 9.31. The number of thioether (sulfide) groups is 1. The van der Waals surface area contributed by atoms with Gasteiger partial charge in [0.1, 0.15) is 11.6 Å². The van der Waals surface area contributed by atoms with Gasteiger partial charge in [0.05, 0.1) is 12.9 Å². The van der Waals surface area contributed by atoms with E-state index in [1.165, 1.54) is 0 Å². The molecular formula is C12H13N3OS. The molecule has 0 atom stereocenters. The molecule has 88 valence electrons. The van der Waals surface area contributed by atoms with Crippen molar-refractivity contribution in [1.29, 1.82) is 0 Å². The van der Waals surface area contributed by atoms with E-state index < -0.39 is 0 Å². The molecular weight excluding hydrogens is 234 g/mol. The molecule has 0 aliphatic heterocycles. The fourth-order valence-corrected chi connectivity index (χ4v) is 2.18. The molecule has 0 fully saturated rings. The van der Waals surface area contributed by atoms with Gasteiger partial charge in [-0.25, -0.2) is 9.97 Å². The first-order valence-corrected chi connectivity index (χ1v) is 6.10. The zero-order chi connectivity index (χ0) is 12.1. The van der Waals surface area contributed by atoms with E-state index in [0.717, 1.165) is 22.2 Å². The monoisotopic (exact) mass is 247 g/mol. The van der Waals surface area contributed by atoms with Crippen LogP contribution in [-0.2, 0) is 5.75 Å². The molecule has 0 radical (unpaired) electrons. The van der Waals surface area contributed by atoms with Gasteiger partial charge in [-0.15, -0.1) is 11.8 Å². The van der Waals surface area contributed by atoms with Crippen LogP contribution in [0.1, 0.15) is 5.82 Å². The highest BCUT2D eigenvalue weighted by molar-refractivity contribution is 7.98. The Morgan fingerprint density at radius 1 is 1.29 bits per heavy atom. The van der Waals surface area contributed by atoms with E-state index in [-0.39, 0.29) is 0 Å². The summed E-state index contributed by atoms with van der Waals surface area (Å²) in [7, 11) is 1.64. The summed E-state index contributed by atoms with van der Waals surface area (Å²) in [5.41, 5.74) is 6.63. The lowest BCUT2D eigenvalue weighted by molar-refractivity contribution is 0.414. The predicted octanol–water partition coefficient (Wildman–Crippen LogP) is 2.36. The lowest BCUT2D eigenvalue weighted by atomic mass is 10.3. The number of aromatic nitrogens is 2. The van der Waals surface area contributed by atoms with Crippen molar-refractivity contribution >= 4 is 17.4 Å². The number of hydrogen-bond acceptors (Lipinski definition) is 5. The van der Waals surface area contributed by atoms with E-state index in [9.17, 15) is 0 Å². The Bertz CT molecular complexity index is 490. The van der Waals surface area contributed by atoms with Crippen LogP contribution < -0.4 is 10.5 Å². The minimum Gasteiger partial charge on any atom is -0.497 e. The van der Waals surface area contributed by atoms with Crippen LogP contribution in [0.25, 0.3) is 0 Å². The second-order valence-electron chi connectivity index (χ2n) is 3.36. The van der Waals surface area contributed by atoms with Crippen molar-refractivity contribution in [2.45, 2.75) is 10.6 Å². The molecule has 1 aromatic heterocycles. The average Bonchev–Trinajstić information content (AvgIpc) is 2.39. The minimum absolute atomic E-state index is 0.693. The van der Waals surface area contributed by atoms with Crippen molar-refractivity contribution in [1.82, 2.24) is 9.97 Å². The number of nitrogens with zero attached hydrogens (tertiary/aromatic N) is 2. The lowest BCUT2D eigenvalue weighted by Gasteiger charge is -2.07. The fourth-order valence-electron chi connectivity index (χ4n) is 1.31. The van der Waals surface area contributed by atoms with Gasteiger partial charge in [0, 0.05) is 23.0 Å². The van der Waals surface area contributed by atoms with Crippen LogP contribution in [0.3, 0.4) is 0 Å². The number of hydrogen-bond donors (Lipinski definition) is 1. The molecule has 0 amide bonds. The fraction of sp³-hybridized carbons (Fsp3) is 0.167. The van der Waals surface area contributed by atoms with Crippen molar-refractivity contribution in [2.75, 3.05) is 12.8 Å². The normalized spacial score (nSPS) is 10.2. The van der Waals surface area contributed by atoms with E-state index in [4.69, 9.17) is 10.5 Å². The highest BCUT2D eigenvalue weighted by atomic mass is 32.2. The second-order valence-corrected chi connectivity index (χ2v) is 4.37. The van der Waals surface area contributed by atoms with Crippen LogP contribution in [-0.4, -0.2) is 17.1 Å². The summed E-state index contributed by atoms with van der Waals surface area (Å²) in [6, 6.07) is 7.41. The standard InChI is InChI=1S/C12H13N3OS/c1-16-9-3-4-10(13)11(7-9)17-8-12-14-5-2-6-15-12/h2-7H,8,13H2,1H3. The molecule has 17 heavy (non-hydrogen) atoms. The number of nitrogen functional groups attached to an aromatic ring is 1. The summed E-state index contributed by atoms with van der Waals surface area (Å²) < 4.78 is 5.16. The molecule has 2 rings (SSSR count). The van der Waals surface area contributed by atoms with Crippen LogP contribution in [0, 0.1) is 0 Å². The summed E-state index contributed by atoms with van der Waals surface area (Å²) in [5, 5.41) is 0. The Morgan fingerprint density at radius 3 is 2.76 bits per heavy atom. The van der Waals surface area contributed by atoms with Gasteiger partial charge in [-0.1, -0.05) is 0 Å². The summed E-state index contributed by atoms with van der Waals surface area (Å²) in [6.45, 7) is 0. The van der Waals surface area contributed by atoms with Crippen LogP contribution in [0.2, 0.25) is 0 Å². The van der Waals surface area contributed by atoms with Gasteiger partial charge < -0.3 is 10.5 Å². The second kappa shape index (κ2) is 5.54. The van der Waals surface area contributed by atoms with Crippen molar-refractivity contribution in [3.63, 3.8) is 0 Å². The molecule has 0 spiro atoms. The third-order valence-electron chi connectivity index (χ3n) is 2.20. The first kappa shape index (κ1) is 11.7. The van der Waals surface area contributed by atoms with Gasteiger partial charge in [-0.05, 0) is 24.3 Å². The van der Waals surface area contributed by atoms with E-state index in [2.05, 4.69) is 9.97 Å². The Kier molecular flexibility index (Phi) is 3.82. The minimum atomic E-state index is 0.693. The molecule has 0 bridgehead atoms. The maximum Gasteiger partial charge on any atom is 0.138 e.